The van der Waals surface area contributed by atoms with E-state index in [9.17, 15) is 9.18 Å². The van der Waals surface area contributed by atoms with Crippen molar-refractivity contribution in [1.82, 2.24) is 0 Å². The molecule has 0 heterocycles. The van der Waals surface area contributed by atoms with Gasteiger partial charge in [0.05, 0.1) is 19.9 Å². The minimum absolute atomic E-state index is 0.232. The molecule has 22 heavy (non-hydrogen) atoms. The number of anilines is 1. The van der Waals surface area contributed by atoms with Crippen molar-refractivity contribution in [3.8, 4) is 11.5 Å². The van der Waals surface area contributed by atoms with Gasteiger partial charge in [-0.3, -0.25) is 4.79 Å². The molecular formula is C17H16FNO3. The second-order valence-electron chi connectivity index (χ2n) is 4.39. The maximum atomic E-state index is 13.4. The largest absolute Gasteiger partial charge is 0.493 e. The number of rotatable bonds is 6. The van der Waals surface area contributed by atoms with E-state index in [0.29, 0.717) is 22.7 Å². The maximum absolute atomic E-state index is 13.4. The summed E-state index contributed by atoms with van der Waals surface area (Å²) in [7, 11) is 3.03. The first-order valence-corrected chi connectivity index (χ1v) is 6.59. The second-order valence-corrected chi connectivity index (χ2v) is 4.39. The average molecular weight is 301 g/mol. The van der Waals surface area contributed by atoms with Gasteiger partial charge in [-0.2, -0.15) is 0 Å². The van der Waals surface area contributed by atoms with Gasteiger partial charge >= 0.3 is 0 Å². The summed E-state index contributed by atoms with van der Waals surface area (Å²) in [5.74, 6) is 0.409. The maximum Gasteiger partial charge on any atom is 0.187 e. The van der Waals surface area contributed by atoms with Gasteiger partial charge in [0.2, 0.25) is 0 Å². The van der Waals surface area contributed by atoms with E-state index in [0.717, 1.165) is 0 Å². The number of halogens is 1. The molecule has 1 N–H and O–H groups in total. The summed E-state index contributed by atoms with van der Waals surface area (Å²) in [4.78, 5) is 12.1. The third-order valence-corrected chi connectivity index (χ3v) is 3.02. The number of benzene rings is 2. The highest BCUT2D eigenvalue weighted by Gasteiger charge is 2.08. The number of carbonyl (C=O) groups is 1. The summed E-state index contributed by atoms with van der Waals surface area (Å²) in [6, 6.07) is 11.1. The molecule has 0 unspecified atom stereocenters. The molecule has 0 radical (unpaired) electrons. The van der Waals surface area contributed by atoms with Crippen molar-refractivity contribution in [1.29, 1.82) is 0 Å². The fourth-order valence-electron chi connectivity index (χ4n) is 1.87. The molecule has 5 heteroatoms. The van der Waals surface area contributed by atoms with Crippen LogP contribution >= 0.6 is 0 Å². The van der Waals surface area contributed by atoms with Crippen molar-refractivity contribution < 1.29 is 18.7 Å². The number of carbonyl (C=O) groups excluding carboxylic acids is 1. The highest BCUT2D eigenvalue weighted by atomic mass is 19.1. The lowest BCUT2D eigenvalue weighted by atomic mass is 10.1. The zero-order valence-electron chi connectivity index (χ0n) is 12.3. The number of ether oxygens (including phenoxy) is 2. The molecule has 0 aliphatic rings. The minimum Gasteiger partial charge on any atom is -0.493 e. The summed E-state index contributed by atoms with van der Waals surface area (Å²) < 4.78 is 23.7. The van der Waals surface area contributed by atoms with E-state index >= 15 is 0 Å². The molecule has 4 nitrogen and oxygen atoms in total. The third-order valence-electron chi connectivity index (χ3n) is 3.02. The Hall–Kier alpha value is -2.82. The van der Waals surface area contributed by atoms with Crippen LogP contribution in [0, 0.1) is 5.82 Å². The molecule has 114 valence electrons. The van der Waals surface area contributed by atoms with E-state index in [1.807, 2.05) is 0 Å². The van der Waals surface area contributed by atoms with E-state index in [1.165, 1.54) is 32.6 Å². The second kappa shape index (κ2) is 7.26. The van der Waals surface area contributed by atoms with E-state index in [4.69, 9.17) is 9.47 Å². The highest BCUT2D eigenvalue weighted by molar-refractivity contribution is 6.05. The topological polar surface area (TPSA) is 47.6 Å². The molecule has 0 amide bonds. The molecular weight excluding hydrogens is 285 g/mol. The number of allylic oxidation sites excluding steroid dienone is 1. The zero-order chi connectivity index (χ0) is 15.9. The monoisotopic (exact) mass is 301 g/mol. The van der Waals surface area contributed by atoms with E-state index < -0.39 is 0 Å². The summed E-state index contributed by atoms with van der Waals surface area (Å²) in [6.45, 7) is 0. The van der Waals surface area contributed by atoms with Gasteiger partial charge in [-0.25, -0.2) is 4.39 Å². The zero-order valence-corrected chi connectivity index (χ0v) is 12.3. The molecule has 0 saturated carbocycles. The third kappa shape index (κ3) is 3.63. The Morgan fingerprint density at radius 2 is 1.82 bits per heavy atom. The normalized spacial score (nSPS) is 10.5. The first kappa shape index (κ1) is 15.6. The number of ketones is 1. The van der Waals surface area contributed by atoms with Gasteiger partial charge in [-0.1, -0.05) is 12.1 Å². The van der Waals surface area contributed by atoms with Crippen molar-refractivity contribution in [2.24, 2.45) is 0 Å². The Balaban J connectivity index is 2.09. The number of nitrogens with one attached hydrogen (secondary N) is 1. The summed E-state index contributed by atoms with van der Waals surface area (Å²) in [5, 5.41) is 2.73. The van der Waals surface area contributed by atoms with Crippen LogP contribution < -0.4 is 14.8 Å². The quantitative estimate of drug-likeness (QED) is 0.653. The molecule has 0 aliphatic carbocycles. The van der Waals surface area contributed by atoms with Crippen molar-refractivity contribution in [3.63, 3.8) is 0 Å². The van der Waals surface area contributed by atoms with Gasteiger partial charge in [-0.05, 0) is 30.3 Å². The van der Waals surface area contributed by atoms with Crippen LogP contribution in [0.3, 0.4) is 0 Å². The Morgan fingerprint density at radius 1 is 1.09 bits per heavy atom. The average Bonchev–Trinajstić information content (AvgIpc) is 2.55. The lowest BCUT2D eigenvalue weighted by molar-refractivity contribution is 0.104. The smallest absolute Gasteiger partial charge is 0.187 e. The summed E-state index contributed by atoms with van der Waals surface area (Å²) in [6.07, 6.45) is 2.73. The first-order chi connectivity index (χ1) is 10.7. The van der Waals surface area contributed by atoms with Crippen LogP contribution in [0.4, 0.5) is 10.1 Å². The summed E-state index contributed by atoms with van der Waals surface area (Å²) >= 11 is 0. The van der Waals surface area contributed by atoms with E-state index in [1.54, 1.807) is 36.4 Å². The number of hydrogen-bond acceptors (Lipinski definition) is 4. The molecule has 0 aromatic heterocycles. The summed E-state index contributed by atoms with van der Waals surface area (Å²) in [5.41, 5.74) is 0.753. The van der Waals surface area contributed by atoms with Crippen LogP contribution in [0.25, 0.3) is 0 Å². The predicted octanol–water partition coefficient (Wildman–Crippen LogP) is 3.65. The van der Waals surface area contributed by atoms with Crippen LogP contribution in [-0.2, 0) is 0 Å². The molecule has 2 rings (SSSR count). The van der Waals surface area contributed by atoms with Crippen molar-refractivity contribution >= 4 is 11.5 Å². The Labute approximate surface area is 128 Å². The van der Waals surface area contributed by atoms with Gasteiger partial charge in [0.25, 0.3) is 0 Å². The van der Waals surface area contributed by atoms with E-state index in [-0.39, 0.29) is 11.6 Å². The van der Waals surface area contributed by atoms with Crippen LogP contribution in [0.15, 0.2) is 54.7 Å². The van der Waals surface area contributed by atoms with Gasteiger partial charge < -0.3 is 14.8 Å². The van der Waals surface area contributed by atoms with Crippen LogP contribution in [-0.4, -0.2) is 20.0 Å². The molecule has 0 spiro atoms. The van der Waals surface area contributed by atoms with Gasteiger partial charge in [0.1, 0.15) is 5.82 Å². The Kier molecular flexibility index (Phi) is 5.14. The molecule has 0 saturated heterocycles. The molecule has 0 bridgehead atoms. The minimum atomic E-state index is -0.384. The SMILES string of the molecule is COc1ccc(C(=O)C=CNc2ccccc2F)cc1OC. The first-order valence-electron chi connectivity index (χ1n) is 6.59. The predicted molar refractivity (Wildman–Crippen MR) is 83.0 cm³/mol. The Morgan fingerprint density at radius 3 is 2.50 bits per heavy atom. The van der Waals surface area contributed by atoms with Gasteiger partial charge in [-0.15, -0.1) is 0 Å². The van der Waals surface area contributed by atoms with Crippen LogP contribution in [0.1, 0.15) is 10.4 Å². The fourth-order valence-corrected chi connectivity index (χ4v) is 1.87. The lowest BCUT2D eigenvalue weighted by Crippen LogP contribution is -1.99. The standard InChI is InChI=1S/C17H16FNO3/c1-21-16-8-7-12(11-17(16)22-2)15(20)9-10-19-14-6-4-3-5-13(14)18/h3-11,19H,1-2H3. The van der Waals surface area contributed by atoms with Gasteiger partial charge in [0.15, 0.2) is 17.3 Å². The highest BCUT2D eigenvalue weighted by Crippen LogP contribution is 2.27. The molecule has 2 aromatic carbocycles. The Bertz CT molecular complexity index is 698. The number of methoxy groups -OCH3 is 2. The van der Waals surface area contributed by atoms with E-state index in [2.05, 4.69) is 5.32 Å². The molecule has 0 fully saturated rings. The fraction of sp³-hybridized carbons (Fsp3) is 0.118. The van der Waals surface area contributed by atoms with Crippen molar-refractivity contribution in [2.45, 2.75) is 0 Å². The molecule has 2 aromatic rings. The lowest BCUT2D eigenvalue weighted by Gasteiger charge is -2.08. The van der Waals surface area contributed by atoms with Crippen LogP contribution in [0.2, 0.25) is 0 Å². The van der Waals surface area contributed by atoms with Gasteiger partial charge in [0, 0.05) is 17.8 Å². The number of para-hydroxylation sites is 1. The van der Waals surface area contributed by atoms with Crippen molar-refractivity contribution in [2.75, 3.05) is 19.5 Å². The van der Waals surface area contributed by atoms with Crippen LogP contribution in [0.5, 0.6) is 11.5 Å². The molecule has 0 atom stereocenters. The molecule has 0 aliphatic heterocycles. The van der Waals surface area contributed by atoms with Crippen molar-refractivity contribution in [3.05, 3.63) is 66.1 Å². The number of hydrogen-bond donors (Lipinski definition) is 1.